The standard InChI is InChI=1S/C12H13NO/c14-12-11(8-4-3-5-8)9-6-1-2-7-10(9)13-12/h1-2,6-8,11H,3-5H2,(H,13,14). The van der Waals surface area contributed by atoms with E-state index in [9.17, 15) is 4.79 Å². The summed E-state index contributed by atoms with van der Waals surface area (Å²) in [6.07, 6.45) is 3.72. The fourth-order valence-corrected chi connectivity index (χ4v) is 2.47. The zero-order valence-electron chi connectivity index (χ0n) is 7.99. The molecule has 1 saturated carbocycles. The largest absolute Gasteiger partial charge is 0.325 e. The van der Waals surface area contributed by atoms with Crippen molar-refractivity contribution in [2.24, 2.45) is 5.92 Å². The molecule has 1 heterocycles. The first kappa shape index (κ1) is 8.04. The third-order valence-corrected chi connectivity index (χ3v) is 3.46. The van der Waals surface area contributed by atoms with E-state index in [0.717, 1.165) is 5.69 Å². The van der Waals surface area contributed by atoms with Gasteiger partial charge in [0.15, 0.2) is 0 Å². The minimum absolute atomic E-state index is 0.139. The Hall–Kier alpha value is -1.31. The van der Waals surface area contributed by atoms with Gasteiger partial charge in [-0.15, -0.1) is 0 Å². The second-order valence-electron chi connectivity index (χ2n) is 4.25. The van der Waals surface area contributed by atoms with Crippen LogP contribution in [0.5, 0.6) is 0 Å². The third kappa shape index (κ3) is 0.999. The summed E-state index contributed by atoms with van der Waals surface area (Å²) in [5, 5.41) is 2.96. The van der Waals surface area contributed by atoms with E-state index in [1.165, 1.54) is 24.8 Å². The molecule has 0 aromatic heterocycles. The van der Waals surface area contributed by atoms with Gasteiger partial charge in [-0.1, -0.05) is 24.6 Å². The predicted octanol–water partition coefficient (Wildman–Crippen LogP) is 2.52. The van der Waals surface area contributed by atoms with Crippen LogP contribution >= 0.6 is 0 Å². The van der Waals surface area contributed by atoms with Gasteiger partial charge in [-0.25, -0.2) is 0 Å². The molecule has 3 rings (SSSR count). The van der Waals surface area contributed by atoms with Crippen LogP contribution in [0.15, 0.2) is 24.3 Å². The van der Waals surface area contributed by atoms with Crippen LogP contribution in [-0.4, -0.2) is 5.91 Å². The van der Waals surface area contributed by atoms with Gasteiger partial charge in [-0.05, 0) is 30.4 Å². The van der Waals surface area contributed by atoms with Crippen molar-refractivity contribution in [1.82, 2.24) is 0 Å². The zero-order valence-corrected chi connectivity index (χ0v) is 7.99. The number of nitrogens with one attached hydrogen (secondary N) is 1. The first-order valence-corrected chi connectivity index (χ1v) is 5.26. The number of benzene rings is 1. The van der Waals surface area contributed by atoms with Crippen LogP contribution in [0.3, 0.4) is 0 Å². The molecular formula is C12H13NO. The number of anilines is 1. The number of fused-ring (bicyclic) bond motifs is 1. The molecule has 1 N–H and O–H groups in total. The molecule has 1 atom stereocenters. The summed E-state index contributed by atoms with van der Waals surface area (Å²) >= 11 is 0. The van der Waals surface area contributed by atoms with E-state index in [-0.39, 0.29) is 11.8 Å². The monoisotopic (exact) mass is 187 g/mol. The molecule has 0 bridgehead atoms. The molecule has 2 heteroatoms. The smallest absolute Gasteiger partial charge is 0.232 e. The molecule has 1 fully saturated rings. The molecular weight excluding hydrogens is 174 g/mol. The summed E-state index contributed by atoms with van der Waals surface area (Å²) in [7, 11) is 0. The average Bonchev–Trinajstić information content (AvgIpc) is 2.41. The van der Waals surface area contributed by atoms with E-state index in [1.807, 2.05) is 18.2 Å². The van der Waals surface area contributed by atoms with Gasteiger partial charge in [-0.2, -0.15) is 0 Å². The fourth-order valence-electron chi connectivity index (χ4n) is 2.47. The van der Waals surface area contributed by atoms with Crippen molar-refractivity contribution in [3.05, 3.63) is 29.8 Å². The molecule has 1 aromatic rings. The number of hydrogen-bond donors (Lipinski definition) is 1. The Balaban J connectivity index is 2.01. The lowest BCUT2D eigenvalue weighted by Gasteiger charge is -2.29. The first-order chi connectivity index (χ1) is 6.86. The predicted molar refractivity (Wildman–Crippen MR) is 55.2 cm³/mol. The normalized spacial score (nSPS) is 25.4. The number of hydrogen-bond acceptors (Lipinski definition) is 1. The van der Waals surface area contributed by atoms with Gasteiger partial charge in [0.1, 0.15) is 0 Å². The van der Waals surface area contributed by atoms with Gasteiger partial charge in [0.05, 0.1) is 5.92 Å². The van der Waals surface area contributed by atoms with E-state index >= 15 is 0 Å². The number of para-hydroxylation sites is 1. The molecule has 14 heavy (non-hydrogen) atoms. The van der Waals surface area contributed by atoms with E-state index in [4.69, 9.17) is 0 Å². The zero-order chi connectivity index (χ0) is 9.54. The summed E-state index contributed by atoms with van der Waals surface area (Å²) in [6, 6.07) is 8.06. The number of carbonyl (C=O) groups is 1. The number of carbonyl (C=O) groups excluding carboxylic acids is 1. The highest BCUT2D eigenvalue weighted by atomic mass is 16.2. The van der Waals surface area contributed by atoms with Gasteiger partial charge in [0.25, 0.3) is 0 Å². The van der Waals surface area contributed by atoms with Crippen LogP contribution in [0, 0.1) is 5.92 Å². The van der Waals surface area contributed by atoms with Crippen molar-refractivity contribution in [3.8, 4) is 0 Å². The Labute approximate surface area is 83.3 Å². The van der Waals surface area contributed by atoms with Gasteiger partial charge in [0.2, 0.25) is 5.91 Å². The van der Waals surface area contributed by atoms with Crippen molar-refractivity contribution in [3.63, 3.8) is 0 Å². The van der Waals surface area contributed by atoms with Gasteiger partial charge in [0, 0.05) is 5.69 Å². The Morgan fingerprint density at radius 2 is 2.00 bits per heavy atom. The van der Waals surface area contributed by atoms with Crippen molar-refractivity contribution in [1.29, 1.82) is 0 Å². The maximum atomic E-state index is 11.8. The summed E-state index contributed by atoms with van der Waals surface area (Å²) in [6.45, 7) is 0. The maximum absolute atomic E-state index is 11.8. The van der Waals surface area contributed by atoms with Crippen LogP contribution in [0.25, 0.3) is 0 Å². The average molecular weight is 187 g/mol. The Morgan fingerprint density at radius 1 is 1.21 bits per heavy atom. The highest BCUT2D eigenvalue weighted by molar-refractivity contribution is 6.03. The van der Waals surface area contributed by atoms with E-state index in [1.54, 1.807) is 0 Å². The molecule has 72 valence electrons. The number of rotatable bonds is 1. The summed E-state index contributed by atoms with van der Waals surface area (Å²) in [5.74, 6) is 0.939. The van der Waals surface area contributed by atoms with E-state index < -0.39 is 0 Å². The van der Waals surface area contributed by atoms with E-state index in [0.29, 0.717) is 5.92 Å². The lowest BCUT2D eigenvalue weighted by Crippen LogP contribution is -2.25. The topological polar surface area (TPSA) is 29.1 Å². The minimum atomic E-state index is 0.139. The Morgan fingerprint density at radius 3 is 2.71 bits per heavy atom. The molecule has 0 radical (unpaired) electrons. The first-order valence-electron chi connectivity index (χ1n) is 5.26. The van der Waals surface area contributed by atoms with Crippen LogP contribution in [-0.2, 0) is 4.79 Å². The van der Waals surface area contributed by atoms with Crippen molar-refractivity contribution >= 4 is 11.6 Å². The SMILES string of the molecule is O=C1Nc2ccccc2C1C1CCC1. The summed E-state index contributed by atoms with van der Waals surface area (Å²) < 4.78 is 0. The van der Waals surface area contributed by atoms with Gasteiger partial charge in [-0.3, -0.25) is 4.79 Å². The molecule has 1 amide bonds. The highest BCUT2D eigenvalue weighted by Gasteiger charge is 2.38. The lowest BCUT2D eigenvalue weighted by atomic mass is 9.73. The summed E-state index contributed by atoms with van der Waals surface area (Å²) in [5.41, 5.74) is 2.23. The van der Waals surface area contributed by atoms with Crippen LogP contribution in [0.2, 0.25) is 0 Å². The van der Waals surface area contributed by atoms with Gasteiger partial charge >= 0.3 is 0 Å². The third-order valence-electron chi connectivity index (χ3n) is 3.46. The molecule has 0 saturated heterocycles. The van der Waals surface area contributed by atoms with Crippen LogP contribution in [0.1, 0.15) is 30.7 Å². The lowest BCUT2D eigenvalue weighted by molar-refractivity contribution is -0.118. The molecule has 1 aliphatic heterocycles. The number of amides is 1. The quantitative estimate of drug-likeness (QED) is 0.719. The van der Waals surface area contributed by atoms with E-state index in [2.05, 4.69) is 11.4 Å². The Kier molecular flexibility index (Phi) is 1.63. The summed E-state index contributed by atoms with van der Waals surface area (Å²) in [4.78, 5) is 11.8. The van der Waals surface area contributed by atoms with Crippen molar-refractivity contribution in [2.75, 3.05) is 5.32 Å². The van der Waals surface area contributed by atoms with Crippen LogP contribution < -0.4 is 5.32 Å². The fraction of sp³-hybridized carbons (Fsp3) is 0.417. The second-order valence-corrected chi connectivity index (χ2v) is 4.25. The molecule has 0 spiro atoms. The molecule has 1 aromatic carbocycles. The molecule has 2 aliphatic rings. The van der Waals surface area contributed by atoms with Crippen molar-refractivity contribution < 1.29 is 4.79 Å². The second kappa shape index (κ2) is 2.84. The minimum Gasteiger partial charge on any atom is -0.325 e. The molecule has 2 nitrogen and oxygen atoms in total. The molecule has 1 aliphatic carbocycles. The maximum Gasteiger partial charge on any atom is 0.232 e. The van der Waals surface area contributed by atoms with Gasteiger partial charge < -0.3 is 5.32 Å². The molecule has 1 unspecified atom stereocenters. The van der Waals surface area contributed by atoms with Crippen molar-refractivity contribution in [2.45, 2.75) is 25.2 Å². The van der Waals surface area contributed by atoms with Crippen LogP contribution in [0.4, 0.5) is 5.69 Å². The highest BCUT2D eigenvalue weighted by Crippen LogP contribution is 2.45. The Bertz CT molecular complexity index is 382.